The van der Waals surface area contributed by atoms with Crippen LogP contribution < -0.4 is 10.2 Å². The predicted molar refractivity (Wildman–Crippen MR) is 113 cm³/mol. The first kappa shape index (κ1) is 18.9. The second kappa shape index (κ2) is 8.31. The Balaban J connectivity index is 1.63. The second-order valence-electron chi connectivity index (χ2n) is 7.41. The third-order valence-electron chi connectivity index (χ3n) is 4.59. The Labute approximate surface area is 170 Å². The molecule has 1 aliphatic carbocycles. The Bertz CT molecular complexity index is 1000. The van der Waals surface area contributed by atoms with Gasteiger partial charge >= 0.3 is 0 Å². The molecule has 2 aromatic carbocycles. The maximum Gasteiger partial charge on any atom is 0.243 e. The fourth-order valence-electron chi connectivity index (χ4n) is 2.98. The summed E-state index contributed by atoms with van der Waals surface area (Å²) in [7, 11) is 0. The summed E-state index contributed by atoms with van der Waals surface area (Å²) in [6.45, 7) is 4.00. The van der Waals surface area contributed by atoms with Crippen molar-refractivity contribution < 1.29 is 9.53 Å². The first-order chi connectivity index (χ1) is 14.1. The molecule has 0 radical (unpaired) electrons. The minimum absolute atomic E-state index is 0.0200. The summed E-state index contributed by atoms with van der Waals surface area (Å²) >= 11 is 0. The Kier molecular flexibility index (Phi) is 5.42. The van der Waals surface area contributed by atoms with Crippen molar-refractivity contribution >= 4 is 12.1 Å². The molecular weight excluding hydrogens is 364 g/mol. The van der Waals surface area contributed by atoms with Gasteiger partial charge in [-0.05, 0) is 63.1 Å². The average Bonchev–Trinajstić information content (AvgIpc) is 3.49. The maximum absolute atomic E-state index is 11.8. The molecule has 0 atom stereocenters. The van der Waals surface area contributed by atoms with E-state index in [-0.39, 0.29) is 17.9 Å². The lowest BCUT2D eigenvalue weighted by molar-refractivity contribution is -0.122. The number of carbonyl (C=O) groups is 1. The largest absolute Gasteiger partial charge is 0.491 e. The number of nitrogens with one attached hydrogen (secondary N) is 1. The van der Waals surface area contributed by atoms with Gasteiger partial charge in [-0.15, -0.1) is 0 Å². The molecule has 148 valence electrons. The number of benzene rings is 2. The molecule has 4 rings (SSSR count). The number of rotatable bonds is 7. The molecule has 6 heteroatoms. The molecule has 1 N–H and O–H groups in total. The average molecular weight is 388 g/mol. The van der Waals surface area contributed by atoms with Crippen molar-refractivity contribution in [3.05, 3.63) is 66.4 Å². The molecule has 1 fully saturated rings. The molecule has 3 aromatic rings. The van der Waals surface area contributed by atoms with Crippen LogP contribution in [0.4, 0.5) is 0 Å². The Morgan fingerprint density at radius 3 is 2.55 bits per heavy atom. The van der Waals surface area contributed by atoms with Crippen LogP contribution in [-0.2, 0) is 4.79 Å². The van der Waals surface area contributed by atoms with Crippen LogP contribution in [0, 0.1) is 5.92 Å². The van der Waals surface area contributed by atoms with Crippen LogP contribution in [0.5, 0.6) is 5.75 Å². The van der Waals surface area contributed by atoms with Gasteiger partial charge in [0, 0.05) is 23.2 Å². The van der Waals surface area contributed by atoms with Crippen LogP contribution in [0.2, 0.25) is 0 Å². The number of amides is 1. The van der Waals surface area contributed by atoms with Gasteiger partial charge in [0.25, 0.3) is 0 Å². The lowest BCUT2D eigenvalue weighted by atomic mass is 10.1. The zero-order valence-corrected chi connectivity index (χ0v) is 16.6. The van der Waals surface area contributed by atoms with Gasteiger partial charge in [-0.1, -0.05) is 18.2 Å². The summed E-state index contributed by atoms with van der Waals surface area (Å²) in [4.78, 5) is 11.8. The number of ether oxygens (including phenoxy) is 1. The van der Waals surface area contributed by atoms with E-state index in [1.54, 1.807) is 6.21 Å². The summed E-state index contributed by atoms with van der Waals surface area (Å²) in [6.07, 6.45) is 5.58. The quantitative estimate of drug-likeness (QED) is 0.487. The van der Waals surface area contributed by atoms with Gasteiger partial charge in [0.2, 0.25) is 5.91 Å². The van der Waals surface area contributed by atoms with Crippen LogP contribution in [0.15, 0.2) is 65.9 Å². The summed E-state index contributed by atoms with van der Waals surface area (Å²) in [6, 6.07) is 17.7. The third-order valence-corrected chi connectivity index (χ3v) is 4.59. The molecule has 0 unspecified atom stereocenters. The fraction of sp³-hybridized carbons (Fsp3) is 0.261. The van der Waals surface area contributed by atoms with Crippen molar-refractivity contribution in [1.82, 2.24) is 15.2 Å². The highest BCUT2D eigenvalue weighted by Gasteiger charge is 2.29. The molecule has 0 spiro atoms. The first-order valence-electron chi connectivity index (χ1n) is 9.85. The lowest BCUT2D eigenvalue weighted by Gasteiger charge is -2.09. The molecule has 6 nitrogen and oxygen atoms in total. The van der Waals surface area contributed by atoms with Crippen molar-refractivity contribution in [3.63, 3.8) is 0 Å². The monoisotopic (exact) mass is 388 g/mol. The lowest BCUT2D eigenvalue weighted by Crippen LogP contribution is -2.18. The van der Waals surface area contributed by atoms with Gasteiger partial charge in [0.1, 0.15) is 11.4 Å². The van der Waals surface area contributed by atoms with E-state index in [0.29, 0.717) is 0 Å². The first-order valence-corrected chi connectivity index (χ1v) is 9.85. The SMILES string of the molecule is CC(C)Oc1ccc(-c2nn(-c3ccccc3)cc2/C=N\NC(=O)C2CC2)cc1. The minimum atomic E-state index is -0.0200. The van der Waals surface area contributed by atoms with E-state index in [9.17, 15) is 4.79 Å². The molecule has 1 aliphatic rings. The zero-order chi connectivity index (χ0) is 20.2. The second-order valence-corrected chi connectivity index (χ2v) is 7.41. The molecule has 0 aliphatic heterocycles. The van der Waals surface area contributed by atoms with Gasteiger partial charge in [0.05, 0.1) is 18.0 Å². The maximum atomic E-state index is 11.8. The van der Waals surface area contributed by atoms with Crippen LogP contribution in [0.3, 0.4) is 0 Å². The number of hydrazone groups is 1. The Hall–Kier alpha value is -3.41. The fourth-order valence-corrected chi connectivity index (χ4v) is 2.98. The normalized spacial score (nSPS) is 13.8. The topological polar surface area (TPSA) is 68.5 Å². The molecule has 1 aromatic heterocycles. The van der Waals surface area contributed by atoms with Gasteiger partial charge in [-0.25, -0.2) is 10.1 Å². The summed E-state index contributed by atoms with van der Waals surface area (Å²) in [5, 5.41) is 8.91. The van der Waals surface area contributed by atoms with Gasteiger partial charge in [-0.3, -0.25) is 4.79 Å². The van der Waals surface area contributed by atoms with Gasteiger partial charge in [-0.2, -0.15) is 10.2 Å². The predicted octanol–water partition coefficient (Wildman–Crippen LogP) is 4.19. The van der Waals surface area contributed by atoms with E-state index < -0.39 is 0 Å². The summed E-state index contributed by atoms with van der Waals surface area (Å²) in [5.41, 5.74) is 6.14. The number of para-hydroxylation sites is 1. The number of aromatic nitrogens is 2. The van der Waals surface area contributed by atoms with Crippen LogP contribution >= 0.6 is 0 Å². The number of hydrogen-bond donors (Lipinski definition) is 1. The van der Waals surface area contributed by atoms with Crippen molar-refractivity contribution in [2.24, 2.45) is 11.0 Å². The van der Waals surface area contributed by atoms with E-state index in [0.717, 1.165) is 41.1 Å². The van der Waals surface area contributed by atoms with Gasteiger partial charge < -0.3 is 4.74 Å². The van der Waals surface area contributed by atoms with Gasteiger partial charge in [0.15, 0.2) is 0 Å². The van der Waals surface area contributed by atoms with Crippen LogP contribution in [-0.4, -0.2) is 28.0 Å². The molecule has 0 saturated heterocycles. The number of nitrogens with zero attached hydrogens (tertiary/aromatic N) is 3. The molecule has 0 bridgehead atoms. The molecule has 1 heterocycles. The zero-order valence-electron chi connectivity index (χ0n) is 16.6. The summed E-state index contributed by atoms with van der Waals surface area (Å²) < 4.78 is 7.55. The third kappa shape index (κ3) is 4.71. The molecular formula is C23H24N4O2. The van der Waals surface area contributed by atoms with E-state index in [2.05, 4.69) is 10.5 Å². The molecule has 1 saturated carbocycles. The molecule has 1 amide bonds. The van der Waals surface area contributed by atoms with E-state index >= 15 is 0 Å². The highest BCUT2D eigenvalue weighted by Crippen LogP contribution is 2.29. The highest BCUT2D eigenvalue weighted by molar-refractivity contribution is 5.90. The highest BCUT2D eigenvalue weighted by atomic mass is 16.5. The van der Waals surface area contributed by atoms with Crippen molar-refractivity contribution in [2.75, 3.05) is 0 Å². The van der Waals surface area contributed by atoms with E-state index in [1.807, 2.05) is 79.3 Å². The van der Waals surface area contributed by atoms with Crippen LogP contribution in [0.1, 0.15) is 32.3 Å². The van der Waals surface area contributed by atoms with Crippen molar-refractivity contribution in [3.8, 4) is 22.7 Å². The Morgan fingerprint density at radius 1 is 1.17 bits per heavy atom. The molecule has 29 heavy (non-hydrogen) atoms. The van der Waals surface area contributed by atoms with Crippen molar-refractivity contribution in [1.29, 1.82) is 0 Å². The van der Waals surface area contributed by atoms with Crippen LogP contribution in [0.25, 0.3) is 16.9 Å². The smallest absolute Gasteiger partial charge is 0.243 e. The standard InChI is InChI=1S/C23H24N4O2/c1-16(2)29-21-12-10-17(11-13-21)22-19(14-24-25-23(28)18-8-9-18)15-27(26-22)20-6-4-3-5-7-20/h3-7,10-16,18H,8-9H2,1-2H3,(H,25,28)/b24-14-. The number of carbonyl (C=O) groups excluding carboxylic acids is 1. The number of hydrogen-bond acceptors (Lipinski definition) is 4. The minimum Gasteiger partial charge on any atom is -0.491 e. The summed E-state index contributed by atoms with van der Waals surface area (Å²) in [5.74, 6) is 0.916. The van der Waals surface area contributed by atoms with E-state index in [4.69, 9.17) is 9.84 Å². The van der Waals surface area contributed by atoms with E-state index in [1.165, 1.54) is 0 Å². The Morgan fingerprint density at radius 2 is 1.90 bits per heavy atom. The van der Waals surface area contributed by atoms with Crippen molar-refractivity contribution in [2.45, 2.75) is 32.8 Å².